The summed E-state index contributed by atoms with van der Waals surface area (Å²) in [5.41, 5.74) is 8.22. The molecule has 2 atom stereocenters. The van der Waals surface area contributed by atoms with Gasteiger partial charge in [-0.2, -0.15) is 0 Å². The molecule has 0 radical (unpaired) electrons. The first-order chi connectivity index (χ1) is 12.5. The summed E-state index contributed by atoms with van der Waals surface area (Å²) >= 11 is 2.23. The maximum atomic E-state index is 13.4. The van der Waals surface area contributed by atoms with Gasteiger partial charge in [0.2, 0.25) is 0 Å². The average molecular weight is 467 g/mol. The molecule has 6 heteroatoms. The van der Waals surface area contributed by atoms with Gasteiger partial charge in [0, 0.05) is 34.8 Å². The monoisotopic (exact) mass is 467 g/mol. The third-order valence-electron chi connectivity index (χ3n) is 4.72. The molecule has 1 fully saturated rings. The highest BCUT2D eigenvalue weighted by Gasteiger charge is 2.25. The summed E-state index contributed by atoms with van der Waals surface area (Å²) in [7, 11) is 1.84. The Kier molecular flexibility index (Phi) is 6.61. The third-order valence-corrected chi connectivity index (χ3v) is 5.44. The van der Waals surface area contributed by atoms with Gasteiger partial charge in [-0.1, -0.05) is 12.1 Å². The zero-order chi connectivity index (χ0) is 18.5. The quantitative estimate of drug-likeness (QED) is 0.634. The van der Waals surface area contributed by atoms with E-state index in [4.69, 9.17) is 0 Å². The van der Waals surface area contributed by atoms with Crippen LogP contribution < -0.4 is 10.9 Å². The van der Waals surface area contributed by atoms with Gasteiger partial charge in [-0.15, -0.1) is 0 Å². The van der Waals surface area contributed by atoms with E-state index in [0.717, 1.165) is 34.0 Å². The molecular formula is C20H23FIN3O. The molecule has 0 aromatic heterocycles. The zero-order valence-electron chi connectivity index (χ0n) is 14.7. The predicted octanol–water partition coefficient (Wildman–Crippen LogP) is 3.89. The van der Waals surface area contributed by atoms with E-state index in [1.807, 2.05) is 37.4 Å². The Labute approximate surface area is 167 Å². The van der Waals surface area contributed by atoms with Crippen LogP contribution in [0.15, 0.2) is 48.5 Å². The van der Waals surface area contributed by atoms with Crippen molar-refractivity contribution >= 4 is 28.5 Å². The Morgan fingerprint density at radius 3 is 2.73 bits per heavy atom. The first-order valence-electron chi connectivity index (χ1n) is 8.80. The minimum atomic E-state index is -0.205. The highest BCUT2D eigenvalue weighted by Crippen LogP contribution is 2.24. The molecule has 0 saturated carbocycles. The maximum Gasteiger partial charge on any atom is 0.253 e. The van der Waals surface area contributed by atoms with Gasteiger partial charge < -0.3 is 4.90 Å². The molecule has 0 bridgehead atoms. The van der Waals surface area contributed by atoms with Crippen molar-refractivity contribution < 1.29 is 9.18 Å². The molecule has 2 aromatic rings. The maximum absolute atomic E-state index is 13.4. The van der Waals surface area contributed by atoms with Crippen LogP contribution in [0.1, 0.15) is 41.2 Å². The molecule has 2 N–H and O–H groups in total. The fourth-order valence-corrected chi connectivity index (χ4v) is 3.60. The number of benzene rings is 2. The minimum absolute atomic E-state index is 0.0524. The largest absolute Gasteiger partial charge is 0.342 e. The van der Waals surface area contributed by atoms with Crippen LogP contribution in [0.5, 0.6) is 0 Å². The molecule has 1 heterocycles. The van der Waals surface area contributed by atoms with Crippen molar-refractivity contribution in [1.29, 1.82) is 0 Å². The van der Waals surface area contributed by atoms with Gasteiger partial charge >= 0.3 is 0 Å². The van der Waals surface area contributed by atoms with E-state index in [-0.39, 0.29) is 17.8 Å². The normalized spacial score (nSPS) is 19.5. The molecule has 3 rings (SSSR count). The van der Waals surface area contributed by atoms with Crippen LogP contribution in [0.2, 0.25) is 0 Å². The van der Waals surface area contributed by atoms with Crippen molar-refractivity contribution in [3.63, 3.8) is 0 Å². The Bertz CT molecular complexity index is 753. The number of rotatable bonds is 6. The lowest BCUT2D eigenvalue weighted by Gasteiger charge is -2.18. The lowest BCUT2D eigenvalue weighted by atomic mass is 9.99. The van der Waals surface area contributed by atoms with Crippen molar-refractivity contribution in [3.8, 4) is 0 Å². The van der Waals surface area contributed by atoms with Crippen LogP contribution in [-0.4, -0.2) is 30.4 Å². The third kappa shape index (κ3) is 5.02. The first kappa shape index (κ1) is 19.3. The number of nitrogens with zero attached hydrogens (tertiary/aromatic N) is 1. The van der Waals surface area contributed by atoms with E-state index in [0.29, 0.717) is 12.6 Å². The number of hydrazine groups is 1. The molecule has 0 aliphatic carbocycles. The lowest BCUT2D eigenvalue weighted by Crippen LogP contribution is -2.32. The van der Waals surface area contributed by atoms with Crippen LogP contribution in [0.3, 0.4) is 0 Å². The van der Waals surface area contributed by atoms with Crippen molar-refractivity contribution in [2.24, 2.45) is 0 Å². The average Bonchev–Trinajstić information content (AvgIpc) is 3.10. The molecule has 1 amide bonds. The molecule has 1 saturated heterocycles. The van der Waals surface area contributed by atoms with Crippen molar-refractivity contribution in [2.75, 3.05) is 13.6 Å². The molecule has 26 heavy (non-hydrogen) atoms. The van der Waals surface area contributed by atoms with Crippen LogP contribution in [0.25, 0.3) is 0 Å². The van der Waals surface area contributed by atoms with E-state index >= 15 is 0 Å². The van der Waals surface area contributed by atoms with Gasteiger partial charge in [-0.25, -0.2) is 4.39 Å². The number of carbonyl (C=O) groups is 1. The molecule has 0 spiro atoms. The smallest absolute Gasteiger partial charge is 0.253 e. The fourth-order valence-electron chi connectivity index (χ4n) is 3.24. The molecule has 1 aliphatic rings. The number of hydrogen-bond acceptors (Lipinski definition) is 3. The molecule has 2 aromatic carbocycles. The molecule has 2 unspecified atom stereocenters. The van der Waals surface area contributed by atoms with Gasteiger partial charge in [0.1, 0.15) is 5.82 Å². The highest BCUT2D eigenvalue weighted by molar-refractivity contribution is 14.1. The minimum Gasteiger partial charge on any atom is -0.342 e. The zero-order valence-corrected chi connectivity index (χ0v) is 16.9. The van der Waals surface area contributed by atoms with E-state index < -0.39 is 0 Å². The predicted molar refractivity (Wildman–Crippen MR) is 109 cm³/mol. The summed E-state index contributed by atoms with van der Waals surface area (Å²) in [4.78, 5) is 14.2. The van der Waals surface area contributed by atoms with E-state index in [1.54, 1.807) is 17.0 Å². The second kappa shape index (κ2) is 8.92. The summed E-state index contributed by atoms with van der Waals surface area (Å²) < 4.78 is 14.5. The summed E-state index contributed by atoms with van der Waals surface area (Å²) in [5.74, 6) is -0.153. The second-order valence-electron chi connectivity index (χ2n) is 6.70. The van der Waals surface area contributed by atoms with Gasteiger partial charge in [-0.05, 0) is 83.8 Å². The van der Waals surface area contributed by atoms with Gasteiger partial charge in [0.05, 0.1) is 0 Å². The Balaban J connectivity index is 1.43. The van der Waals surface area contributed by atoms with Crippen molar-refractivity contribution in [1.82, 2.24) is 15.8 Å². The Hall–Kier alpha value is -1.51. The fraction of sp³-hybridized carbons (Fsp3) is 0.350. The van der Waals surface area contributed by atoms with E-state index in [1.165, 1.54) is 6.07 Å². The second-order valence-corrected chi connectivity index (χ2v) is 7.95. The topological polar surface area (TPSA) is 44.4 Å². The van der Waals surface area contributed by atoms with Crippen LogP contribution in [-0.2, 0) is 0 Å². The number of carbonyl (C=O) groups excluding carboxylic acids is 1. The first-order valence-corrected chi connectivity index (χ1v) is 9.88. The lowest BCUT2D eigenvalue weighted by molar-refractivity contribution is 0.0791. The standard InChI is InChI=1S/C20H23FIN3O/c1-25(20(26)14-7-9-17(22)10-8-14)11-3-6-18-13-19(24-23-18)15-4-2-5-16(21)12-15/h2,4-5,7-10,12,18-19,23-24H,3,6,11,13H2,1H3. The summed E-state index contributed by atoms with van der Waals surface area (Å²) in [6, 6.07) is 14.8. The van der Waals surface area contributed by atoms with Gasteiger partial charge in [0.15, 0.2) is 0 Å². The Morgan fingerprint density at radius 1 is 1.23 bits per heavy atom. The van der Waals surface area contributed by atoms with Crippen molar-refractivity contribution in [3.05, 3.63) is 69.0 Å². The number of nitrogens with one attached hydrogen (secondary N) is 2. The number of amides is 1. The van der Waals surface area contributed by atoms with E-state index in [2.05, 4.69) is 33.4 Å². The molecule has 4 nitrogen and oxygen atoms in total. The molecule has 1 aliphatic heterocycles. The van der Waals surface area contributed by atoms with Crippen LogP contribution in [0, 0.1) is 9.39 Å². The SMILES string of the molecule is CN(CCCC1CC(c2cccc(F)c2)NN1)C(=O)c1ccc(I)cc1. The van der Waals surface area contributed by atoms with Crippen LogP contribution >= 0.6 is 22.6 Å². The number of halogens is 2. The number of hydrogen-bond donors (Lipinski definition) is 2. The highest BCUT2D eigenvalue weighted by atomic mass is 127. The summed E-state index contributed by atoms with van der Waals surface area (Å²) in [5, 5.41) is 0. The summed E-state index contributed by atoms with van der Waals surface area (Å²) in [6.45, 7) is 0.716. The molecular weight excluding hydrogens is 444 g/mol. The summed E-state index contributed by atoms with van der Waals surface area (Å²) in [6.07, 6.45) is 2.79. The van der Waals surface area contributed by atoms with E-state index in [9.17, 15) is 9.18 Å². The van der Waals surface area contributed by atoms with Crippen LogP contribution in [0.4, 0.5) is 4.39 Å². The molecule has 138 valence electrons. The van der Waals surface area contributed by atoms with Crippen molar-refractivity contribution in [2.45, 2.75) is 31.3 Å². The van der Waals surface area contributed by atoms with Gasteiger partial charge in [-0.3, -0.25) is 15.6 Å². The Morgan fingerprint density at radius 2 is 2.00 bits per heavy atom. The van der Waals surface area contributed by atoms with Gasteiger partial charge in [0.25, 0.3) is 5.91 Å².